The third-order valence-corrected chi connectivity index (χ3v) is 4.47. The molecule has 0 fully saturated rings. The standard InChI is InChI=1S/C19H13NO.Ga/c21-18-11-10-16(17-9-4-12-20-19(17)18)15-8-3-6-13-5-1-2-7-14(13)15;/h1-12,21H;/q;+1/p-1. The Hall–Kier alpha value is -2.23. The van der Waals surface area contributed by atoms with Gasteiger partial charge in [-0.05, 0) is 0 Å². The molecule has 0 aliphatic rings. The van der Waals surface area contributed by atoms with Crippen molar-refractivity contribution in [3.63, 3.8) is 0 Å². The summed E-state index contributed by atoms with van der Waals surface area (Å²) in [4.78, 5) is 4.50. The van der Waals surface area contributed by atoms with E-state index in [4.69, 9.17) is 3.53 Å². The van der Waals surface area contributed by atoms with Gasteiger partial charge in [0.2, 0.25) is 0 Å². The van der Waals surface area contributed by atoms with E-state index in [2.05, 4.69) is 59.6 Å². The summed E-state index contributed by atoms with van der Waals surface area (Å²) in [6.45, 7) is 0. The molecule has 3 heteroatoms. The fraction of sp³-hybridized carbons (Fsp3) is 0. The van der Waals surface area contributed by atoms with Gasteiger partial charge in [0.15, 0.2) is 0 Å². The predicted molar refractivity (Wildman–Crippen MR) is 91.1 cm³/mol. The van der Waals surface area contributed by atoms with Gasteiger partial charge in [-0.1, -0.05) is 0 Å². The maximum atomic E-state index is 5.51. The van der Waals surface area contributed by atoms with Gasteiger partial charge in [0.25, 0.3) is 0 Å². The van der Waals surface area contributed by atoms with Crippen molar-refractivity contribution in [1.82, 2.24) is 4.98 Å². The topological polar surface area (TPSA) is 22.1 Å². The first-order valence-corrected chi connectivity index (χ1v) is 8.10. The fourth-order valence-corrected chi connectivity index (χ4v) is 3.34. The second-order valence-corrected chi connectivity index (χ2v) is 5.65. The number of pyridine rings is 1. The predicted octanol–water partition coefficient (Wildman–Crippen LogP) is 4.52. The Labute approximate surface area is 139 Å². The van der Waals surface area contributed by atoms with Crippen LogP contribution in [0.5, 0.6) is 5.75 Å². The van der Waals surface area contributed by atoms with Crippen molar-refractivity contribution in [2.75, 3.05) is 0 Å². The molecule has 3 aromatic carbocycles. The van der Waals surface area contributed by atoms with E-state index in [9.17, 15) is 0 Å². The molecular formula is C19H12GaNO. The number of hydrogen-bond acceptors (Lipinski definition) is 2. The van der Waals surface area contributed by atoms with Gasteiger partial charge in [0.05, 0.1) is 0 Å². The second kappa shape index (κ2) is 5.52. The average Bonchev–Trinajstić information content (AvgIpc) is 2.60. The number of aromatic nitrogens is 1. The molecule has 0 N–H and O–H groups in total. The van der Waals surface area contributed by atoms with Crippen LogP contribution in [0.2, 0.25) is 0 Å². The van der Waals surface area contributed by atoms with Gasteiger partial charge in [-0.15, -0.1) is 0 Å². The molecule has 4 rings (SSSR count). The summed E-state index contributed by atoms with van der Waals surface area (Å²) in [5, 5.41) is 3.62. The van der Waals surface area contributed by atoms with Crippen molar-refractivity contribution in [2.24, 2.45) is 0 Å². The van der Waals surface area contributed by atoms with Crippen molar-refractivity contribution in [3.8, 4) is 16.9 Å². The summed E-state index contributed by atoms with van der Waals surface area (Å²) in [6.07, 6.45) is 1.81. The van der Waals surface area contributed by atoms with Crippen LogP contribution in [-0.4, -0.2) is 23.9 Å². The van der Waals surface area contributed by atoms with Crippen molar-refractivity contribution < 1.29 is 3.53 Å². The first-order valence-electron chi connectivity index (χ1n) is 7.11. The van der Waals surface area contributed by atoms with Gasteiger partial charge in [0.1, 0.15) is 0 Å². The SMILES string of the molecule is [Ga][O]c1ccc(-c2cccc3ccccc23)c2cccnc12. The van der Waals surface area contributed by atoms with Crippen molar-refractivity contribution >= 4 is 40.6 Å². The molecule has 0 amide bonds. The molecule has 0 saturated heterocycles. The summed E-state index contributed by atoms with van der Waals surface area (Å²) < 4.78 is 5.51. The molecule has 0 aliphatic heterocycles. The van der Waals surface area contributed by atoms with Gasteiger partial charge in [-0.3, -0.25) is 0 Å². The maximum absolute atomic E-state index is 5.51. The van der Waals surface area contributed by atoms with Gasteiger partial charge in [-0.2, -0.15) is 0 Å². The van der Waals surface area contributed by atoms with E-state index in [1.54, 1.807) is 0 Å². The number of nitrogens with zero attached hydrogens (tertiary/aromatic N) is 1. The van der Waals surface area contributed by atoms with Crippen LogP contribution in [0.1, 0.15) is 0 Å². The van der Waals surface area contributed by atoms with Crippen LogP contribution < -0.4 is 3.53 Å². The molecule has 0 atom stereocenters. The van der Waals surface area contributed by atoms with Crippen LogP contribution in [0.4, 0.5) is 0 Å². The minimum absolute atomic E-state index is 0.833. The first-order chi connectivity index (χ1) is 10.9. The molecule has 0 bridgehead atoms. The Morgan fingerprint density at radius 1 is 0.727 bits per heavy atom. The fourth-order valence-electron chi connectivity index (χ4n) is 2.94. The molecule has 102 valence electrons. The number of hydrogen-bond donors (Lipinski definition) is 0. The van der Waals surface area contributed by atoms with Crippen LogP contribution in [0.25, 0.3) is 32.8 Å². The van der Waals surface area contributed by atoms with Crippen LogP contribution in [0.15, 0.2) is 72.9 Å². The first kappa shape index (κ1) is 13.4. The third-order valence-electron chi connectivity index (χ3n) is 3.94. The van der Waals surface area contributed by atoms with Crippen LogP contribution in [0, 0.1) is 0 Å². The molecule has 4 aromatic rings. The zero-order valence-corrected chi connectivity index (χ0v) is 14.3. The molecule has 1 heterocycles. The summed E-state index contributed by atoms with van der Waals surface area (Å²) in [7, 11) is 0. The molecule has 0 unspecified atom stereocenters. The number of rotatable bonds is 2. The molecule has 1 aromatic heterocycles. The Balaban J connectivity index is 2.09. The van der Waals surface area contributed by atoms with E-state index in [1.807, 2.05) is 18.3 Å². The van der Waals surface area contributed by atoms with Gasteiger partial charge < -0.3 is 0 Å². The van der Waals surface area contributed by atoms with Crippen LogP contribution in [0.3, 0.4) is 0 Å². The van der Waals surface area contributed by atoms with E-state index in [0.29, 0.717) is 0 Å². The van der Waals surface area contributed by atoms with E-state index in [0.717, 1.165) is 16.7 Å². The van der Waals surface area contributed by atoms with Crippen molar-refractivity contribution in [1.29, 1.82) is 0 Å². The van der Waals surface area contributed by atoms with Crippen molar-refractivity contribution in [2.45, 2.75) is 0 Å². The van der Waals surface area contributed by atoms with Crippen LogP contribution in [-0.2, 0) is 0 Å². The molecule has 2 radical (unpaired) electrons. The number of fused-ring (bicyclic) bond motifs is 2. The summed E-state index contributed by atoms with van der Waals surface area (Å²) in [5.74, 6) is 0.833. The Morgan fingerprint density at radius 3 is 2.41 bits per heavy atom. The molecule has 0 saturated carbocycles. The molecule has 0 aliphatic carbocycles. The molecule has 0 spiro atoms. The monoisotopic (exact) mass is 339 g/mol. The third kappa shape index (κ3) is 2.10. The normalized spacial score (nSPS) is 10.9. The zero-order valence-electron chi connectivity index (χ0n) is 11.9. The van der Waals surface area contributed by atoms with Gasteiger partial charge in [0, 0.05) is 0 Å². The Kier molecular flexibility index (Phi) is 3.37. The molecule has 2 nitrogen and oxygen atoms in total. The summed E-state index contributed by atoms with van der Waals surface area (Å²) in [6, 6.07) is 23.1. The average molecular weight is 340 g/mol. The summed E-state index contributed by atoms with van der Waals surface area (Å²) >= 11 is 1.22. The van der Waals surface area contributed by atoms with Crippen molar-refractivity contribution in [3.05, 3.63) is 72.9 Å². The quantitative estimate of drug-likeness (QED) is 0.501. The second-order valence-electron chi connectivity index (χ2n) is 5.16. The Morgan fingerprint density at radius 2 is 1.50 bits per heavy atom. The van der Waals surface area contributed by atoms with Gasteiger partial charge in [-0.25, -0.2) is 0 Å². The van der Waals surface area contributed by atoms with E-state index in [1.165, 1.54) is 40.9 Å². The minimum atomic E-state index is 0.833. The van der Waals surface area contributed by atoms with E-state index < -0.39 is 0 Å². The molecule has 22 heavy (non-hydrogen) atoms. The number of benzene rings is 3. The zero-order chi connectivity index (χ0) is 14.9. The van der Waals surface area contributed by atoms with Gasteiger partial charge >= 0.3 is 139 Å². The van der Waals surface area contributed by atoms with E-state index in [-0.39, 0.29) is 0 Å². The van der Waals surface area contributed by atoms with E-state index >= 15 is 0 Å². The molecular weight excluding hydrogens is 328 g/mol. The summed E-state index contributed by atoms with van der Waals surface area (Å²) in [5.41, 5.74) is 3.33. The van der Waals surface area contributed by atoms with Crippen LogP contribution >= 0.6 is 0 Å². The Bertz CT molecular complexity index is 976.